The molecule has 186 valence electrons. The number of aromatic nitrogens is 3. The van der Waals surface area contributed by atoms with Crippen LogP contribution in [-0.4, -0.2) is 32.9 Å². The van der Waals surface area contributed by atoms with E-state index in [9.17, 15) is 9.59 Å². The number of aromatic amines is 1. The number of hydrogen-bond acceptors (Lipinski definition) is 4. The zero-order valence-electron chi connectivity index (χ0n) is 20.7. The summed E-state index contributed by atoms with van der Waals surface area (Å²) in [6.07, 6.45) is 3.80. The number of carbonyl (C=O) groups excluding carboxylic acids is 1. The highest BCUT2D eigenvalue weighted by Gasteiger charge is 2.19. The molecule has 0 aliphatic rings. The molecule has 3 aromatic carbocycles. The molecule has 0 saturated heterocycles. The molecule has 0 aliphatic heterocycles. The Balaban J connectivity index is 1.15. The maximum absolute atomic E-state index is 13.4. The number of fused-ring (bicyclic) bond motifs is 6. The number of amides is 1. The molecule has 0 aliphatic carbocycles. The number of nitrogens with one attached hydrogen (secondary N) is 2. The van der Waals surface area contributed by atoms with Gasteiger partial charge in [-0.05, 0) is 55.3 Å². The number of carbonyl (C=O) groups is 1. The molecular weight excluding hydrogens is 476 g/mol. The fourth-order valence-electron chi connectivity index (χ4n) is 5.48. The summed E-state index contributed by atoms with van der Waals surface area (Å²) >= 11 is 0. The molecule has 0 saturated carbocycles. The molecule has 7 heteroatoms. The SMILES string of the molecule is CC(Oc1ccc2c(c1)c1ccnc3c4ccccc4c(=O)n2c13)C(=O)NCCc1c[nH]c2ccccc12. The Hall–Kier alpha value is -4.91. The van der Waals surface area contributed by atoms with E-state index in [1.54, 1.807) is 23.6 Å². The minimum absolute atomic E-state index is 0.0716. The van der Waals surface area contributed by atoms with Gasteiger partial charge < -0.3 is 15.0 Å². The number of H-pyrrole nitrogens is 1. The van der Waals surface area contributed by atoms with Gasteiger partial charge in [-0.15, -0.1) is 0 Å². The van der Waals surface area contributed by atoms with E-state index in [0.29, 0.717) is 17.7 Å². The van der Waals surface area contributed by atoms with Crippen molar-refractivity contribution in [2.75, 3.05) is 6.54 Å². The number of benzene rings is 3. The second kappa shape index (κ2) is 8.59. The van der Waals surface area contributed by atoms with Crippen molar-refractivity contribution in [3.63, 3.8) is 0 Å². The van der Waals surface area contributed by atoms with Gasteiger partial charge in [-0.1, -0.05) is 36.4 Å². The summed E-state index contributed by atoms with van der Waals surface area (Å²) in [5, 5.41) is 7.44. The molecule has 1 unspecified atom stereocenters. The van der Waals surface area contributed by atoms with Crippen LogP contribution >= 0.6 is 0 Å². The van der Waals surface area contributed by atoms with E-state index in [4.69, 9.17) is 4.74 Å². The second-order valence-electron chi connectivity index (χ2n) is 9.58. The van der Waals surface area contributed by atoms with Crippen LogP contribution in [0.5, 0.6) is 5.75 Å². The number of hydrogen-bond donors (Lipinski definition) is 2. The van der Waals surface area contributed by atoms with Gasteiger partial charge in [-0.3, -0.25) is 19.0 Å². The summed E-state index contributed by atoms with van der Waals surface area (Å²) in [6.45, 7) is 2.25. The van der Waals surface area contributed by atoms with Gasteiger partial charge in [-0.2, -0.15) is 0 Å². The van der Waals surface area contributed by atoms with Crippen molar-refractivity contribution in [2.24, 2.45) is 0 Å². The van der Waals surface area contributed by atoms with E-state index >= 15 is 0 Å². The van der Waals surface area contributed by atoms with Crippen molar-refractivity contribution in [1.29, 1.82) is 0 Å². The summed E-state index contributed by atoms with van der Waals surface area (Å²) in [4.78, 5) is 34.1. The maximum atomic E-state index is 13.4. The highest BCUT2D eigenvalue weighted by molar-refractivity contribution is 6.18. The molecule has 7 nitrogen and oxygen atoms in total. The Bertz CT molecular complexity index is 2060. The van der Waals surface area contributed by atoms with Crippen LogP contribution in [-0.2, 0) is 11.2 Å². The van der Waals surface area contributed by atoms with Gasteiger partial charge in [0.2, 0.25) is 0 Å². The quantitative estimate of drug-likeness (QED) is 0.307. The molecular formula is C31H24N4O3. The molecule has 1 amide bonds. The predicted octanol–water partition coefficient (Wildman–Crippen LogP) is 5.20. The van der Waals surface area contributed by atoms with Gasteiger partial charge in [0.15, 0.2) is 6.10 Å². The van der Waals surface area contributed by atoms with E-state index < -0.39 is 6.10 Å². The second-order valence-corrected chi connectivity index (χ2v) is 9.58. The van der Waals surface area contributed by atoms with E-state index in [0.717, 1.165) is 44.6 Å². The van der Waals surface area contributed by atoms with Crippen LogP contribution < -0.4 is 15.6 Å². The number of para-hydroxylation sites is 1. The zero-order chi connectivity index (χ0) is 25.8. The van der Waals surface area contributed by atoms with E-state index in [1.807, 2.05) is 66.9 Å². The average molecular weight is 501 g/mol. The van der Waals surface area contributed by atoms with Crippen LogP contribution in [0.2, 0.25) is 0 Å². The standard InChI is InChI=1S/C31H24N4O3/c1-18(30(36)33-14-12-19-17-34-26-9-5-4-6-21(19)26)38-20-10-11-27-25(16-20)23-13-15-32-28-22-7-2-3-8-24(22)31(37)35(27)29(23)28/h2-11,13,15-18,34H,12,14H2,1H3,(H,33,36). The summed E-state index contributed by atoms with van der Waals surface area (Å²) < 4.78 is 7.78. The molecule has 4 heterocycles. The lowest BCUT2D eigenvalue weighted by Gasteiger charge is -2.15. The summed E-state index contributed by atoms with van der Waals surface area (Å²) in [6, 6.07) is 23.2. The normalized spacial score (nSPS) is 12.7. The zero-order valence-corrected chi connectivity index (χ0v) is 20.7. The fourth-order valence-corrected chi connectivity index (χ4v) is 5.48. The maximum Gasteiger partial charge on any atom is 0.263 e. The highest BCUT2D eigenvalue weighted by Crippen LogP contribution is 2.34. The van der Waals surface area contributed by atoms with E-state index in [1.165, 1.54) is 10.9 Å². The largest absolute Gasteiger partial charge is 0.481 e. The van der Waals surface area contributed by atoms with Gasteiger partial charge in [0.05, 0.1) is 16.6 Å². The van der Waals surface area contributed by atoms with Gasteiger partial charge >= 0.3 is 0 Å². The van der Waals surface area contributed by atoms with Gasteiger partial charge in [0.25, 0.3) is 11.5 Å². The Morgan fingerprint density at radius 2 is 1.76 bits per heavy atom. The molecule has 7 aromatic rings. The molecule has 0 spiro atoms. The first-order valence-electron chi connectivity index (χ1n) is 12.7. The highest BCUT2D eigenvalue weighted by atomic mass is 16.5. The lowest BCUT2D eigenvalue weighted by atomic mass is 10.1. The minimum Gasteiger partial charge on any atom is -0.481 e. The van der Waals surface area contributed by atoms with E-state index in [-0.39, 0.29) is 11.5 Å². The van der Waals surface area contributed by atoms with Crippen molar-refractivity contribution in [1.82, 2.24) is 19.7 Å². The molecule has 2 N–H and O–H groups in total. The first-order chi connectivity index (χ1) is 18.6. The third-order valence-corrected chi connectivity index (χ3v) is 7.31. The summed E-state index contributed by atoms with van der Waals surface area (Å²) in [5.74, 6) is 0.390. The summed E-state index contributed by atoms with van der Waals surface area (Å²) in [7, 11) is 0. The van der Waals surface area contributed by atoms with Crippen LogP contribution in [0.1, 0.15) is 12.5 Å². The van der Waals surface area contributed by atoms with Gasteiger partial charge in [-0.25, -0.2) is 0 Å². The molecule has 7 rings (SSSR count). The molecule has 38 heavy (non-hydrogen) atoms. The van der Waals surface area contributed by atoms with Crippen LogP contribution in [0, 0.1) is 0 Å². The molecule has 0 radical (unpaired) electrons. The number of rotatable bonds is 6. The first kappa shape index (κ1) is 22.3. The summed E-state index contributed by atoms with van der Waals surface area (Å²) in [5.41, 5.74) is 4.56. The lowest BCUT2D eigenvalue weighted by molar-refractivity contribution is -0.127. The molecule has 0 fully saturated rings. The number of nitrogens with zero attached hydrogens (tertiary/aromatic N) is 2. The van der Waals surface area contributed by atoms with Crippen molar-refractivity contribution in [3.8, 4) is 5.75 Å². The van der Waals surface area contributed by atoms with Crippen LogP contribution in [0.25, 0.3) is 49.0 Å². The van der Waals surface area contributed by atoms with Gasteiger partial charge in [0, 0.05) is 51.4 Å². The predicted molar refractivity (Wildman–Crippen MR) is 150 cm³/mol. The number of pyridine rings is 2. The Labute approximate surface area is 217 Å². The van der Waals surface area contributed by atoms with Crippen molar-refractivity contribution in [3.05, 3.63) is 101 Å². The van der Waals surface area contributed by atoms with E-state index in [2.05, 4.69) is 21.4 Å². The van der Waals surface area contributed by atoms with Gasteiger partial charge in [0.1, 0.15) is 5.75 Å². The van der Waals surface area contributed by atoms with Crippen LogP contribution in [0.4, 0.5) is 0 Å². The fraction of sp³-hybridized carbons (Fsp3) is 0.129. The van der Waals surface area contributed by atoms with Crippen molar-refractivity contribution < 1.29 is 9.53 Å². The topological polar surface area (TPSA) is 88.5 Å². The minimum atomic E-state index is -0.678. The molecule has 0 bridgehead atoms. The monoisotopic (exact) mass is 500 g/mol. The van der Waals surface area contributed by atoms with Crippen molar-refractivity contribution in [2.45, 2.75) is 19.4 Å². The molecule has 1 atom stereocenters. The first-order valence-corrected chi connectivity index (χ1v) is 12.7. The van der Waals surface area contributed by atoms with Crippen molar-refractivity contribution >= 4 is 54.9 Å². The Kier molecular flexibility index (Phi) is 5.04. The smallest absolute Gasteiger partial charge is 0.263 e. The Morgan fingerprint density at radius 3 is 2.63 bits per heavy atom. The van der Waals surface area contributed by atoms with Crippen LogP contribution in [0.3, 0.4) is 0 Å². The average Bonchev–Trinajstić information content (AvgIpc) is 3.51. The third-order valence-electron chi connectivity index (χ3n) is 7.31. The Morgan fingerprint density at radius 1 is 0.974 bits per heavy atom. The molecule has 4 aromatic heterocycles. The van der Waals surface area contributed by atoms with Crippen LogP contribution in [0.15, 0.2) is 90.0 Å². The third kappa shape index (κ3) is 3.39. The lowest BCUT2D eigenvalue weighted by Crippen LogP contribution is -2.37. The number of ether oxygens (including phenoxy) is 1.